The van der Waals surface area contributed by atoms with Crippen molar-refractivity contribution in [3.8, 4) is 0 Å². The molecule has 2 nitrogen and oxygen atoms in total. The van der Waals surface area contributed by atoms with Gasteiger partial charge >= 0.3 is 0 Å². The van der Waals surface area contributed by atoms with Crippen molar-refractivity contribution in [1.29, 1.82) is 0 Å². The summed E-state index contributed by atoms with van der Waals surface area (Å²) in [5.41, 5.74) is 1.99. The van der Waals surface area contributed by atoms with Gasteiger partial charge in [-0.15, -0.1) is 0 Å². The molecule has 0 aliphatic heterocycles. The van der Waals surface area contributed by atoms with Crippen LogP contribution in [0, 0.1) is 0 Å². The van der Waals surface area contributed by atoms with E-state index in [0.29, 0.717) is 6.42 Å². The van der Waals surface area contributed by atoms with E-state index >= 15 is 0 Å². The smallest absolute Gasteiger partial charge is 0.231 e. The average Bonchev–Trinajstić information content (AvgIpc) is 2.54. The van der Waals surface area contributed by atoms with E-state index in [1.165, 1.54) is 0 Å². The molecule has 0 aliphatic carbocycles. The van der Waals surface area contributed by atoms with Crippen LogP contribution in [-0.4, -0.2) is 13.0 Å². The van der Waals surface area contributed by atoms with Crippen molar-refractivity contribution in [3.05, 3.63) is 78.4 Å². The van der Waals surface area contributed by atoms with Gasteiger partial charge in [0.2, 0.25) is 5.91 Å². The normalized spacial score (nSPS) is 10.5. The quantitative estimate of drug-likeness (QED) is 0.706. The summed E-state index contributed by atoms with van der Waals surface area (Å²) in [5, 5.41) is 2.25. The summed E-state index contributed by atoms with van der Waals surface area (Å²) in [5.74, 6) is 0.0950. The largest absolute Gasteiger partial charge is 0.315 e. The maximum absolute atomic E-state index is 12.5. The zero-order chi connectivity index (χ0) is 14.7. The number of likely N-dealkylation sites (N-methyl/N-ethyl adjacent to an activating group) is 1. The molecule has 0 N–H and O–H groups in total. The summed E-state index contributed by atoms with van der Waals surface area (Å²) < 4.78 is 0. The first-order valence-corrected chi connectivity index (χ1v) is 7.04. The monoisotopic (exact) mass is 275 g/mol. The fourth-order valence-electron chi connectivity index (χ4n) is 2.52. The molecule has 0 radical (unpaired) electrons. The van der Waals surface area contributed by atoms with E-state index in [9.17, 15) is 4.79 Å². The minimum atomic E-state index is 0.0950. The van der Waals surface area contributed by atoms with Crippen LogP contribution < -0.4 is 4.90 Å². The van der Waals surface area contributed by atoms with Crippen molar-refractivity contribution in [2.75, 3.05) is 11.9 Å². The Morgan fingerprint density at radius 1 is 0.857 bits per heavy atom. The van der Waals surface area contributed by atoms with E-state index in [1.54, 1.807) is 4.90 Å². The molecule has 0 saturated carbocycles. The SMILES string of the molecule is CN(C(=O)Cc1ccccc1)c1cccc2ccccc12. The third-order valence-corrected chi connectivity index (χ3v) is 3.70. The molecule has 3 aromatic rings. The van der Waals surface area contributed by atoms with Gasteiger partial charge in [0.25, 0.3) is 0 Å². The Kier molecular flexibility index (Phi) is 3.69. The summed E-state index contributed by atoms with van der Waals surface area (Å²) >= 11 is 0. The van der Waals surface area contributed by atoms with E-state index in [-0.39, 0.29) is 5.91 Å². The summed E-state index contributed by atoms with van der Waals surface area (Å²) in [4.78, 5) is 14.2. The Labute approximate surface area is 124 Å². The maximum atomic E-state index is 12.5. The Balaban J connectivity index is 1.90. The fraction of sp³-hybridized carbons (Fsp3) is 0.105. The highest BCUT2D eigenvalue weighted by Gasteiger charge is 2.13. The zero-order valence-electron chi connectivity index (χ0n) is 12.0. The van der Waals surface area contributed by atoms with Gasteiger partial charge in [0, 0.05) is 12.4 Å². The van der Waals surface area contributed by atoms with Crippen LogP contribution in [-0.2, 0) is 11.2 Å². The predicted molar refractivity (Wildman–Crippen MR) is 87.5 cm³/mol. The van der Waals surface area contributed by atoms with Crippen molar-refractivity contribution in [2.45, 2.75) is 6.42 Å². The van der Waals surface area contributed by atoms with Gasteiger partial charge in [-0.2, -0.15) is 0 Å². The van der Waals surface area contributed by atoms with Gasteiger partial charge in [0.15, 0.2) is 0 Å². The van der Waals surface area contributed by atoms with Crippen LogP contribution in [0.1, 0.15) is 5.56 Å². The van der Waals surface area contributed by atoms with Crippen molar-refractivity contribution in [2.24, 2.45) is 0 Å². The predicted octanol–water partition coefficient (Wildman–Crippen LogP) is 4.05. The first-order valence-electron chi connectivity index (χ1n) is 7.04. The third-order valence-electron chi connectivity index (χ3n) is 3.70. The highest BCUT2D eigenvalue weighted by atomic mass is 16.2. The highest BCUT2D eigenvalue weighted by Crippen LogP contribution is 2.26. The van der Waals surface area contributed by atoms with Gasteiger partial charge < -0.3 is 4.90 Å². The zero-order valence-corrected chi connectivity index (χ0v) is 12.0. The lowest BCUT2D eigenvalue weighted by Gasteiger charge is -2.19. The number of hydrogen-bond acceptors (Lipinski definition) is 1. The molecule has 0 aromatic heterocycles. The van der Waals surface area contributed by atoms with Gasteiger partial charge in [0.05, 0.1) is 12.1 Å². The van der Waals surface area contributed by atoms with Gasteiger partial charge in [-0.05, 0) is 17.0 Å². The van der Waals surface area contributed by atoms with Crippen molar-refractivity contribution < 1.29 is 4.79 Å². The van der Waals surface area contributed by atoms with E-state index in [0.717, 1.165) is 22.0 Å². The Morgan fingerprint density at radius 3 is 2.33 bits per heavy atom. The molecule has 0 bridgehead atoms. The van der Waals surface area contributed by atoms with E-state index in [1.807, 2.05) is 61.6 Å². The van der Waals surface area contributed by atoms with Crippen molar-refractivity contribution in [3.63, 3.8) is 0 Å². The minimum absolute atomic E-state index is 0.0950. The Morgan fingerprint density at radius 2 is 1.52 bits per heavy atom. The summed E-state index contributed by atoms with van der Waals surface area (Å²) in [6, 6.07) is 24.0. The number of fused-ring (bicyclic) bond motifs is 1. The van der Waals surface area contributed by atoms with Crippen LogP contribution in [0.4, 0.5) is 5.69 Å². The molecule has 1 amide bonds. The van der Waals surface area contributed by atoms with Crippen LogP contribution in [0.2, 0.25) is 0 Å². The van der Waals surface area contributed by atoms with E-state index in [4.69, 9.17) is 0 Å². The molecule has 21 heavy (non-hydrogen) atoms. The molecule has 2 heteroatoms. The molecular formula is C19H17NO. The average molecular weight is 275 g/mol. The maximum Gasteiger partial charge on any atom is 0.231 e. The first-order chi connectivity index (χ1) is 10.3. The van der Waals surface area contributed by atoms with Crippen LogP contribution in [0.15, 0.2) is 72.8 Å². The van der Waals surface area contributed by atoms with Crippen LogP contribution in [0.25, 0.3) is 10.8 Å². The number of nitrogens with zero attached hydrogens (tertiary/aromatic N) is 1. The minimum Gasteiger partial charge on any atom is -0.315 e. The lowest BCUT2D eigenvalue weighted by Crippen LogP contribution is -2.27. The molecule has 104 valence electrons. The number of carbonyl (C=O) groups excluding carboxylic acids is 1. The topological polar surface area (TPSA) is 20.3 Å². The molecule has 0 spiro atoms. The number of carbonyl (C=O) groups is 1. The summed E-state index contributed by atoms with van der Waals surface area (Å²) in [6.45, 7) is 0. The number of benzene rings is 3. The molecule has 0 saturated heterocycles. The number of amides is 1. The standard InChI is InChI=1S/C19H17NO/c1-20(19(21)14-15-8-3-2-4-9-15)18-13-7-11-16-10-5-6-12-17(16)18/h2-13H,14H2,1H3. The number of anilines is 1. The number of rotatable bonds is 3. The Hall–Kier alpha value is -2.61. The van der Waals surface area contributed by atoms with Gasteiger partial charge in [-0.1, -0.05) is 66.7 Å². The molecule has 3 aromatic carbocycles. The lowest BCUT2D eigenvalue weighted by atomic mass is 10.1. The van der Waals surface area contributed by atoms with E-state index in [2.05, 4.69) is 18.2 Å². The van der Waals surface area contributed by atoms with Crippen LogP contribution in [0.5, 0.6) is 0 Å². The second-order valence-corrected chi connectivity index (χ2v) is 5.11. The van der Waals surface area contributed by atoms with Gasteiger partial charge in [-0.25, -0.2) is 0 Å². The second kappa shape index (κ2) is 5.80. The third kappa shape index (κ3) is 2.79. The summed E-state index contributed by atoms with van der Waals surface area (Å²) in [7, 11) is 1.84. The molecule has 0 aliphatic rings. The van der Waals surface area contributed by atoms with Crippen LogP contribution in [0.3, 0.4) is 0 Å². The fourth-order valence-corrected chi connectivity index (χ4v) is 2.52. The van der Waals surface area contributed by atoms with Crippen molar-refractivity contribution >= 4 is 22.4 Å². The first kappa shape index (κ1) is 13.4. The van der Waals surface area contributed by atoms with Crippen LogP contribution >= 0.6 is 0 Å². The second-order valence-electron chi connectivity index (χ2n) is 5.11. The van der Waals surface area contributed by atoms with E-state index < -0.39 is 0 Å². The molecule has 3 rings (SSSR count). The highest BCUT2D eigenvalue weighted by molar-refractivity contribution is 6.03. The van der Waals surface area contributed by atoms with Gasteiger partial charge in [0.1, 0.15) is 0 Å². The Bertz CT molecular complexity index is 759. The molecule has 0 fully saturated rings. The van der Waals surface area contributed by atoms with Crippen molar-refractivity contribution in [1.82, 2.24) is 0 Å². The number of hydrogen-bond donors (Lipinski definition) is 0. The molecular weight excluding hydrogens is 258 g/mol. The molecule has 0 unspecified atom stereocenters. The lowest BCUT2D eigenvalue weighted by molar-refractivity contribution is -0.117. The van der Waals surface area contributed by atoms with Gasteiger partial charge in [-0.3, -0.25) is 4.79 Å². The molecule has 0 atom stereocenters. The molecule has 0 heterocycles. The summed E-state index contributed by atoms with van der Waals surface area (Å²) in [6.07, 6.45) is 0.417.